The van der Waals surface area contributed by atoms with Crippen LogP contribution in [0.2, 0.25) is 0 Å². The molecule has 1 saturated heterocycles. The van der Waals surface area contributed by atoms with Gasteiger partial charge < -0.3 is 10.3 Å². The zero-order valence-corrected chi connectivity index (χ0v) is 13.1. The molecule has 0 aliphatic carbocycles. The molecule has 3 rings (SSSR count). The van der Waals surface area contributed by atoms with Crippen LogP contribution in [0.1, 0.15) is 32.5 Å². The van der Waals surface area contributed by atoms with Crippen LogP contribution in [0, 0.1) is 5.92 Å². The molecule has 114 valence electrons. The largest absolute Gasteiger partial charge is 0.341 e. The third-order valence-corrected chi connectivity index (χ3v) is 4.08. The van der Waals surface area contributed by atoms with Crippen LogP contribution in [-0.4, -0.2) is 40.5 Å². The summed E-state index contributed by atoms with van der Waals surface area (Å²) in [5.41, 5.74) is 2.20. The van der Waals surface area contributed by atoms with Crippen LogP contribution in [0.5, 0.6) is 0 Å². The average molecular weight is 286 g/mol. The number of benzene rings is 1. The maximum absolute atomic E-state index is 4.72. The van der Waals surface area contributed by atoms with E-state index in [1.54, 1.807) is 0 Å². The first-order chi connectivity index (χ1) is 10.2. The molecule has 2 N–H and O–H groups in total. The fourth-order valence-corrected chi connectivity index (χ4v) is 3.24. The number of hydrogen-bond acceptors (Lipinski definition) is 3. The molecule has 0 spiro atoms. The van der Waals surface area contributed by atoms with Gasteiger partial charge in [-0.05, 0) is 37.4 Å². The topological polar surface area (TPSA) is 44.0 Å². The summed E-state index contributed by atoms with van der Waals surface area (Å²) in [6.45, 7) is 8.89. The smallest absolute Gasteiger partial charge is 0.121 e. The number of nitrogens with one attached hydrogen (secondary N) is 2. The molecule has 4 heteroatoms. The van der Waals surface area contributed by atoms with E-state index in [1.807, 2.05) is 6.07 Å². The average Bonchev–Trinajstić information content (AvgIpc) is 3.06. The zero-order chi connectivity index (χ0) is 14.7. The highest BCUT2D eigenvalue weighted by Crippen LogP contribution is 2.14. The minimum atomic E-state index is 0.646. The van der Waals surface area contributed by atoms with Crippen LogP contribution in [0.15, 0.2) is 24.3 Å². The van der Waals surface area contributed by atoms with E-state index in [0.29, 0.717) is 12.0 Å². The van der Waals surface area contributed by atoms with Crippen molar-refractivity contribution >= 4 is 11.0 Å². The van der Waals surface area contributed by atoms with Gasteiger partial charge in [-0.15, -0.1) is 0 Å². The van der Waals surface area contributed by atoms with Gasteiger partial charge >= 0.3 is 0 Å². The summed E-state index contributed by atoms with van der Waals surface area (Å²) in [6, 6.07) is 8.91. The molecule has 4 nitrogen and oxygen atoms in total. The molecule has 0 bridgehead atoms. The first-order valence-corrected chi connectivity index (χ1v) is 8.10. The van der Waals surface area contributed by atoms with Gasteiger partial charge in [-0.3, -0.25) is 4.90 Å². The van der Waals surface area contributed by atoms with E-state index in [0.717, 1.165) is 36.5 Å². The van der Waals surface area contributed by atoms with Gasteiger partial charge in [0.05, 0.1) is 17.6 Å². The summed E-state index contributed by atoms with van der Waals surface area (Å²) in [4.78, 5) is 10.7. The molecule has 1 aromatic heterocycles. The van der Waals surface area contributed by atoms with Crippen molar-refractivity contribution in [3.8, 4) is 0 Å². The third kappa shape index (κ3) is 3.83. The molecular formula is C17H26N4. The Morgan fingerprint density at radius 2 is 2.19 bits per heavy atom. The summed E-state index contributed by atoms with van der Waals surface area (Å²) in [6.07, 6.45) is 2.61. The van der Waals surface area contributed by atoms with Crippen molar-refractivity contribution < 1.29 is 0 Å². The van der Waals surface area contributed by atoms with Gasteiger partial charge in [-0.25, -0.2) is 4.98 Å². The number of hydrogen-bond donors (Lipinski definition) is 2. The van der Waals surface area contributed by atoms with Gasteiger partial charge in [0.1, 0.15) is 5.82 Å². The summed E-state index contributed by atoms with van der Waals surface area (Å²) in [5.74, 6) is 1.76. The first kappa shape index (κ1) is 14.5. The van der Waals surface area contributed by atoms with Crippen molar-refractivity contribution in [1.82, 2.24) is 20.2 Å². The van der Waals surface area contributed by atoms with E-state index < -0.39 is 0 Å². The molecule has 0 radical (unpaired) electrons. The fourth-order valence-electron chi connectivity index (χ4n) is 3.24. The molecule has 1 fully saturated rings. The third-order valence-electron chi connectivity index (χ3n) is 4.08. The van der Waals surface area contributed by atoms with Crippen molar-refractivity contribution in [3.05, 3.63) is 30.1 Å². The van der Waals surface area contributed by atoms with Gasteiger partial charge in [-0.2, -0.15) is 0 Å². The zero-order valence-electron chi connectivity index (χ0n) is 13.1. The number of para-hydroxylation sites is 2. The summed E-state index contributed by atoms with van der Waals surface area (Å²) < 4.78 is 0. The second-order valence-electron chi connectivity index (χ2n) is 6.58. The molecule has 1 aliphatic rings. The van der Waals surface area contributed by atoms with Crippen LogP contribution in [0.25, 0.3) is 11.0 Å². The number of fused-ring (bicyclic) bond motifs is 1. The van der Waals surface area contributed by atoms with Gasteiger partial charge in [0.2, 0.25) is 0 Å². The summed E-state index contributed by atoms with van der Waals surface area (Å²) in [7, 11) is 0. The number of H-pyrrole nitrogens is 1. The Balaban J connectivity index is 1.69. The second kappa shape index (κ2) is 6.58. The minimum absolute atomic E-state index is 0.646. The quantitative estimate of drug-likeness (QED) is 0.858. The highest BCUT2D eigenvalue weighted by atomic mass is 15.2. The number of nitrogens with zero attached hydrogens (tertiary/aromatic N) is 2. The lowest BCUT2D eigenvalue weighted by atomic mass is 10.1. The van der Waals surface area contributed by atoms with Gasteiger partial charge in [0.15, 0.2) is 0 Å². The van der Waals surface area contributed by atoms with E-state index in [2.05, 4.69) is 47.2 Å². The Bertz CT molecular complexity index is 536. The lowest BCUT2D eigenvalue weighted by Crippen LogP contribution is -2.39. The van der Waals surface area contributed by atoms with Crippen LogP contribution in [0.3, 0.4) is 0 Å². The molecule has 2 heterocycles. The fraction of sp³-hybridized carbons (Fsp3) is 0.588. The lowest BCUT2D eigenvalue weighted by molar-refractivity contribution is 0.212. The predicted octanol–water partition coefficient (Wildman–Crippen LogP) is 2.77. The van der Waals surface area contributed by atoms with E-state index >= 15 is 0 Å². The molecule has 0 saturated carbocycles. The van der Waals surface area contributed by atoms with Crippen LogP contribution < -0.4 is 5.32 Å². The number of aromatic amines is 1. The molecular weight excluding hydrogens is 260 g/mol. The monoisotopic (exact) mass is 286 g/mol. The Morgan fingerprint density at radius 1 is 1.33 bits per heavy atom. The standard InChI is InChI=1S/C17H26N4/c1-13(2)10-21(11-14-6-5-9-18-14)12-17-19-15-7-3-4-8-16(15)20-17/h3-4,7-8,13-14,18H,5-6,9-12H2,1-2H3,(H,19,20). The molecule has 1 aromatic carbocycles. The van der Waals surface area contributed by atoms with Crippen LogP contribution in [0.4, 0.5) is 0 Å². The van der Waals surface area contributed by atoms with Crippen molar-refractivity contribution in [2.24, 2.45) is 5.92 Å². The van der Waals surface area contributed by atoms with Gasteiger partial charge in [-0.1, -0.05) is 26.0 Å². The van der Waals surface area contributed by atoms with Gasteiger partial charge in [0.25, 0.3) is 0 Å². The maximum Gasteiger partial charge on any atom is 0.121 e. The molecule has 1 atom stereocenters. The van der Waals surface area contributed by atoms with E-state index in [-0.39, 0.29) is 0 Å². The number of imidazole rings is 1. The molecule has 21 heavy (non-hydrogen) atoms. The lowest BCUT2D eigenvalue weighted by Gasteiger charge is -2.26. The first-order valence-electron chi connectivity index (χ1n) is 8.10. The summed E-state index contributed by atoms with van der Waals surface area (Å²) in [5, 5.41) is 3.60. The van der Waals surface area contributed by atoms with Crippen molar-refractivity contribution in [2.75, 3.05) is 19.6 Å². The Kier molecular flexibility index (Phi) is 4.56. The molecule has 1 unspecified atom stereocenters. The van der Waals surface area contributed by atoms with Crippen molar-refractivity contribution in [1.29, 1.82) is 0 Å². The Labute approximate surface area is 126 Å². The SMILES string of the molecule is CC(C)CN(Cc1nc2ccccc2[nH]1)CC1CCCN1. The number of aromatic nitrogens is 2. The second-order valence-corrected chi connectivity index (χ2v) is 6.58. The number of rotatable bonds is 6. The molecule has 0 amide bonds. The minimum Gasteiger partial charge on any atom is -0.341 e. The van der Waals surface area contributed by atoms with E-state index in [4.69, 9.17) is 4.98 Å². The highest BCUT2D eigenvalue weighted by molar-refractivity contribution is 5.74. The van der Waals surface area contributed by atoms with Gasteiger partial charge in [0, 0.05) is 19.1 Å². The normalized spacial score (nSPS) is 19.1. The molecule has 2 aromatic rings. The van der Waals surface area contributed by atoms with Crippen LogP contribution >= 0.6 is 0 Å². The molecule has 1 aliphatic heterocycles. The van der Waals surface area contributed by atoms with Crippen molar-refractivity contribution in [3.63, 3.8) is 0 Å². The Morgan fingerprint density at radius 3 is 2.90 bits per heavy atom. The van der Waals surface area contributed by atoms with Crippen molar-refractivity contribution in [2.45, 2.75) is 39.3 Å². The predicted molar refractivity (Wildman–Crippen MR) is 87.2 cm³/mol. The Hall–Kier alpha value is -1.39. The van der Waals surface area contributed by atoms with E-state index in [1.165, 1.54) is 19.4 Å². The maximum atomic E-state index is 4.72. The highest BCUT2D eigenvalue weighted by Gasteiger charge is 2.19. The van der Waals surface area contributed by atoms with E-state index in [9.17, 15) is 0 Å². The summed E-state index contributed by atoms with van der Waals surface area (Å²) >= 11 is 0. The van der Waals surface area contributed by atoms with Crippen LogP contribution in [-0.2, 0) is 6.54 Å².